The molecule has 2 rings (SSSR count). The molecule has 1 heterocycles. The molecule has 3 N–H and O–H groups in total. The van der Waals surface area contributed by atoms with Crippen LogP contribution in [0.3, 0.4) is 0 Å². The number of amides is 1. The van der Waals surface area contributed by atoms with E-state index in [4.69, 9.17) is 5.73 Å². The van der Waals surface area contributed by atoms with Gasteiger partial charge in [0, 0.05) is 20.1 Å². The molecular weight excluding hydrogens is 284 g/mol. The number of hydrogen-bond acceptors (Lipinski definition) is 5. The fourth-order valence-corrected chi connectivity index (χ4v) is 3.75. The summed E-state index contributed by atoms with van der Waals surface area (Å²) < 4.78 is 0. The summed E-state index contributed by atoms with van der Waals surface area (Å²) in [7, 11) is 1.98. The predicted molar refractivity (Wildman–Crippen MR) is 89.0 cm³/mol. The molecule has 0 bridgehead atoms. The fourth-order valence-electron chi connectivity index (χ4n) is 2.86. The van der Waals surface area contributed by atoms with E-state index in [9.17, 15) is 4.79 Å². The fraction of sp³-hybridized carbons (Fsp3) is 0.733. The average Bonchev–Trinajstić information content (AvgIpc) is 3.04. The molecule has 0 saturated heterocycles. The third-order valence-electron chi connectivity index (χ3n) is 4.22. The first-order valence-electron chi connectivity index (χ1n) is 7.71. The third-order valence-corrected chi connectivity index (χ3v) is 5.40. The van der Waals surface area contributed by atoms with E-state index in [-0.39, 0.29) is 11.3 Å². The highest BCUT2D eigenvalue weighted by molar-refractivity contribution is 7.18. The van der Waals surface area contributed by atoms with Gasteiger partial charge in [-0.2, -0.15) is 0 Å². The maximum Gasteiger partial charge on any atom is 0.265 e. The van der Waals surface area contributed by atoms with E-state index in [0.29, 0.717) is 10.7 Å². The van der Waals surface area contributed by atoms with E-state index in [0.717, 1.165) is 24.6 Å². The Morgan fingerprint density at radius 2 is 2.14 bits per heavy atom. The molecular formula is C15H26N4OS. The molecule has 5 nitrogen and oxygen atoms in total. The molecule has 6 heteroatoms. The van der Waals surface area contributed by atoms with E-state index in [1.54, 1.807) is 0 Å². The molecule has 21 heavy (non-hydrogen) atoms. The highest BCUT2D eigenvalue weighted by atomic mass is 32.1. The number of thiazole rings is 1. The van der Waals surface area contributed by atoms with Gasteiger partial charge in [-0.1, -0.05) is 38.0 Å². The monoisotopic (exact) mass is 310 g/mol. The summed E-state index contributed by atoms with van der Waals surface area (Å²) in [6, 6.07) is 0. The molecule has 1 aromatic rings. The van der Waals surface area contributed by atoms with Crippen molar-refractivity contribution in [3.05, 3.63) is 4.88 Å². The number of carbonyl (C=O) groups is 1. The van der Waals surface area contributed by atoms with Crippen molar-refractivity contribution in [1.82, 2.24) is 10.3 Å². The zero-order valence-electron chi connectivity index (χ0n) is 13.2. The van der Waals surface area contributed by atoms with Crippen molar-refractivity contribution in [3.63, 3.8) is 0 Å². The molecule has 1 amide bonds. The zero-order chi connectivity index (χ0) is 15.5. The second-order valence-electron chi connectivity index (χ2n) is 6.33. The first-order valence-corrected chi connectivity index (χ1v) is 8.52. The minimum Gasteiger partial charge on any atom is -0.382 e. The second-order valence-corrected chi connectivity index (χ2v) is 7.31. The Morgan fingerprint density at radius 3 is 2.76 bits per heavy atom. The number of aromatic nitrogens is 1. The predicted octanol–water partition coefficient (Wildman–Crippen LogP) is 2.88. The van der Waals surface area contributed by atoms with Crippen molar-refractivity contribution in [3.8, 4) is 0 Å². The van der Waals surface area contributed by atoms with Gasteiger partial charge in [0.2, 0.25) is 0 Å². The molecule has 1 aliphatic carbocycles. The van der Waals surface area contributed by atoms with Crippen molar-refractivity contribution in [2.24, 2.45) is 5.41 Å². The number of nitrogen functional groups attached to an aromatic ring is 1. The van der Waals surface area contributed by atoms with E-state index >= 15 is 0 Å². The first kappa shape index (κ1) is 16.1. The minimum atomic E-state index is -0.0886. The van der Waals surface area contributed by atoms with E-state index < -0.39 is 0 Å². The lowest BCUT2D eigenvalue weighted by Gasteiger charge is -2.23. The second kappa shape index (κ2) is 6.64. The number of hydrogen-bond donors (Lipinski definition) is 2. The molecule has 0 aliphatic heterocycles. The summed E-state index contributed by atoms with van der Waals surface area (Å²) >= 11 is 1.37. The largest absolute Gasteiger partial charge is 0.382 e. The number of nitrogens with one attached hydrogen (secondary N) is 1. The molecule has 118 valence electrons. The summed E-state index contributed by atoms with van der Waals surface area (Å²) in [5.41, 5.74) is 6.15. The van der Waals surface area contributed by atoms with E-state index in [1.807, 2.05) is 11.9 Å². The summed E-state index contributed by atoms with van der Waals surface area (Å²) in [6.45, 7) is 6.00. The lowest BCUT2D eigenvalue weighted by atomic mass is 9.89. The van der Waals surface area contributed by atoms with Crippen LogP contribution in [0.15, 0.2) is 0 Å². The Kier molecular flexibility index (Phi) is 5.08. The van der Waals surface area contributed by atoms with Crippen LogP contribution in [0.1, 0.15) is 55.6 Å². The van der Waals surface area contributed by atoms with Gasteiger partial charge in [-0.25, -0.2) is 4.98 Å². The zero-order valence-corrected chi connectivity index (χ0v) is 14.1. The van der Waals surface area contributed by atoms with Crippen LogP contribution in [0.4, 0.5) is 10.9 Å². The van der Waals surface area contributed by atoms with Crippen LogP contribution in [0.25, 0.3) is 0 Å². The Balaban J connectivity index is 1.99. The van der Waals surface area contributed by atoms with Crippen molar-refractivity contribution in [2.75, 3.05) is 30.8 Å². The van der Waals surface area contributed by atoms with Gasteiger partial charge in [0.15, 0.2) is 5.13 Å². The minimum absolute atomic E-state index is 0.0886. The molecule has 0 radical (unpaired) electrons. The highest BCUT2D eigenvalue weighted by Crippen LogP contribution is 2.37. The van der Waals surface area contributed by atoms with Crippen LogP contribution in [0.2, 0.25) is 0 Å². The lowest BCUT2D eigenvalue weighted by molar-refractivity contribution is 0.0939. The average molecular weight is 310 g/mol. The highest BCUT2D eigenvalue weighted by Gasteiger charge is 2.29. The van der Waals surface area contributed by atoms with Crippen LogP contribution in [0, 0.1) is 5.41 Å². The Bertz CT molecular complexity index is 494. The molecule has 0 unspecified atom stereocenters. The quantitative estimate of drug-likeness (QED) is 0.847. The standard InChI is InChI=1S/C15H26N4OS/c1-4-9-19(3)14-18-12(16)11(21-14)13(20)17-10-15(2)7-5-6-8-15/h4-10,16H2,1-3H3,(H,17,20). The summed E-state index contributed by atoms with van der Waals surface area (Å²) in [5, 5.41) is 3.85. The van der Waals surface area contributed by atoms with Crippen molar-refractivity contribution in [2.45, 2.75) is 46.0 Å². The summed E-state index contributed by atoms with van der Waals surface area (Å²) in [4.78, 5) is 19.2. The number of carbonyl (C=O) groups excluding carboxylic acids is 1. The van der Waals surface area contributed by atoms with Gasteiger partial charge in [-0.05, 0) is 24.7 Å². The smallest absolute Gasteiger partial charge is 0.265 e. The molecule has 1 aliphatic rings. The summed E-state index contributed by atoms with van der Waals surface area (Å²) in [6.07, 6.45) is 5.95. The van der Waals surface area contributed by atoms with Crippen LogP contribution >= 0.6 is 11.3 Å². The van der Waals surface area contributed by atoms with Crippen LogP contribution in [0.5, 0.6) is 0 Å². The van der Waals surface area contributed by atoms with Gasteiger partial charge in [0.05, 0.1) is 0 Å². The van der Waals surface area contributed by atoms with Gasteiger partial charge in [0.25, 0.3) is 5.91 Å². The van der Waals surface area contributed by atoms with Crippen molar-refractivity contribution >= 4 is 28.2 Å². The lowest BCUT2D eigenvalue weighted by Crippen LogP contribution is -2.34. The van der Waals surface area contributed by atoms with Crippen molar-refractivity contribution in [1.29, 1.82) is 0 Å². The van der Waals surface area contributed by atoms with E-state index in [2.05, 4.69) is 24.1 Å². The Labute approximate surface area is 130 Å². The molecule has 0 spiro atoms. The maximum atomic E-state index is 12.3. The van der Waals surface area contributed by atoms with Crippen molar-refractivity contribution < 1.29 is 4.79 Å². The molecule has 1 fully saturated rings. The Morgan fingerprint density at radius 1 is 1.48 bits per heavy atom. The van der Waals surface area contributed by atoms with Crippen LogP contribution < -0.4 is 16.0 Å². The number of anilines is 2. The third kappa shape index (κ3) is 3.87. The van der Waals surface area contributed by atoms with Crippen LogP contribution in [-0.2, 0) is 0 Å². The number of nitrogens with zero attached hydrogens (tertiary/aromatic N) is 2. The Hall–Kier alpha value is -1.30. The van der Waals surface area contributed by atoms with Gasteiger partial charge >= 0.3 is 0 Å². The number of nitrogens with two attached hydrogens (primary N) is 1. The molecule has 1 aromatic heterocycles. The van der Waals surface area contributed by atoms with Gasteiger partial charge < -0.3 is 16.0 Å². The molecule has 0 aromatic carbocycles. The van der Waals surface area contributed by atoms with E-state index in [1.165, 1.54) is 37.0 Å². The summed E-state index contributed by atoms with van der Waals surface area (Å²) in [5.74, 6) is 0.251. The molecule has 0 atom stereocenters. The van der Waals surface area contributed by atoms with Crippen LogP contribution in [-0.4, -0.2) is 31.0 Å². The van der Waals surface area contributed by atoms with Gasteiger partial charge in [-0.15, -0.1) is 0 Å². The molecule has 1 saturated carbocycles. The van der Waals surface area contributed by atoms with Gasteiger partial charge in [0.1, 0.15) is 10.7 Å². The number of rotatable bonds is 6. The normalized spacial score (nSPS) is 16.9. The topological polar surface area (TPSA) is 71.2 Å². The first-order chi connectivity index (χ1) is 9.95. The maximum absolute atomic E-state index is 12.3. The van der Waals surface area contributed by atoms with Gasteiger partial charge in [-0.3, -0.25) is 4.79 Å². The SMILES string of the molecule is CCCN(C)c1nc(N)c(C(=O)NCC2(C)CCCC2)s1.